The van der Waals surface area contributed by atoms with E-state index in [-0.39, 0.29) is 0 Å². The van der Waals surface area contributed by atoms with Gasteiger partial charge in [0.15, 0.2) is 29.1 Å². The summed E-state index contributed by atoms with van der Waals surface area (Å²) in [5.74, 6) is -3.45. The Morgan fingerprint density at radius 2 is 1.32 bits per heavy atom. The van der Waals surface area contributed by atoms with Gasteiger partial charge in [0, 0.05) is 39.3 Å². The first-order valence-corrected chi connectivity index (χ1v) is 9.31. The quantitative estimate of drug-likeness (QED) is 0.753. The number of benzene rings is 1. The minimum absolute atomic E-state index is 0.326. The second kappa shape index (κ2) is 7.65. The van der Waals surface area contributed by atoms with Crippen molar-refractivity contribution in [2.75, 3.05) is 49.1 Å². The van der Waals surface area contributed by atoms with Crippen LogP contribution in [0, 0.1) is 17.5 Å². The highest BCUT2D eigenvalue weighted by Crippen LogP contribution is 2.21. The first-order chi connectivity index (χ1) is 13.5. The van der Waals surface area contributed by atoms with Crippen molar-refractivity contribution in [3.8, 4) is 0 Å². The molecule has 0 radical (unpaired) electrons. The van der Waals surface area contributed by atoms with Gasteiger partial charge in [-0.15, -0.1) is 10.2 Å². The topological polar surface area (TPSA) is 52.6 Å². The first kappa shape index (κ1) is 18.5. The number of carbonyl (C=O) groups excluding carboxylic acids is 1. The zero-order valence-corrected chi connectivity index (χ0v) is 15.2. The Bertz CT molecular complexity index is 863. The van der Waals surface area contributed by atoms with E-state index in [0.717, 1.165) is 43.9 Å². The van der Waals surface area contributed by atoms with Gasteiger partial charge in [0.1, 0.15) is 0 Å². The molecule has 0 bridgehead atoms. The third kappa shape index (κ3) is 3.48. The maximum Gasteiger partial charge on any atom is 0.257 e. The summed E-state index contributed by atoms with van der Waals surface area (Å²) < 4.78 is 40.3. The molecule has 28 heavy (non-hydrogen) atoms. The van der Waals surface area contributed by atoms with Crippen molar-refractivity contribution in [1.82, 2.24) is 15.1 Å². The van der Waals surface area contributed by atoms with Crippen LogP contribution in [0.2, 0.25) is 0 Å². The molecule has 6 nitrogen and oxygen atoms in total. The van der Waals surface area contributed by atoms with E-state index < -0.39 is 28.9 Å². The van der Waals surface area contributed by atoms with Gasteiger partial charge in [-0.25, -0.2) is 13.2 Å². The van der Waals surface area contributed by atoms with E-state index in [2.05, 4.69) is 15.1 Å². The van der Waals surface area contributed by atoms with E-state index in [1.807, 2.05) is 17.0 Å². The normalized spacial score (nSPS) is 17.3. The van der Waals surface area contributed by atoms with Crippen molar-refractivity contribution >= 4 is 17.5 Å². The van der Waals surface area contributed by atoms with Gasteiger partial charge in [-0.1, -0.05) is 0 Å². The molecule has 0 unspecified atom stereocenters. The van der Waals surface area contributed by atoms with Crippen LogP contribution in [0.25, 0.3) is 0 Å². The summed E-state index contributed by atoms with van der Waals surface area (Å²) >= 11 is 0. The number of amides is 1. The second-order valence-corrected chi connectivity index (χ2v) is 6.95. The summed E-state index contributed by atoms with van der Waals surface area (Å²) in [5, 5.41) is 8.58. The highest BCUT2D eigenvalue weighted by atomic mass is 19.2. The van der Waals surface area contributed by atoms with Crippen LogP contribution in [0.15, 0.2) is 24.3 Å². The Hall–Kier alpha value is -2.84. The molecular weight excluding hydrogens is 371 g/mol. The van der Waals surface area contributed by atoms with E-state index in [4.69, 9.17) is 0 Å². The van der Waals surface area contributed by atoms with E-state index >= 15 is 0 Å². The maximum atomic E-state index is 13.9. The molecule has 3 heterocycles. The first-order valence-electron chi connectivity index (χ1n) is 9.31. The Balaban J connectivity index is 1.39. The van der Waals surface area contributed by atoms with E-state index in [0.29, 0.717) is 32.0 Å². The van der Waals surface area contributed by atoms with Gasteiger partial charge in [-0.2, -0.15) is 0 Å². The Morgan fingerprint density at radius 1 is 0.750 bits per heavy atom. The zero-order chi connectivity index (χ0) is 19.7. The van der Waals surface area contributed by atoms with Gasteiger partial charge >= 0.3 is 0 Å². The Labute approximate surface area is 160 Å². The molecule has 148 valence electrons. The molecule has 2 aromatic rings. The second-order valence-electron chi connectivity index (χ2n) is 6.95. The fourth-order valence-electron chi connectivity index (χ4n) is 3.60. The Kier molecular flexibility index (Phi) is 5.06. The molecule has 4 rings (SSSR count). The standard InChI is InChI=1S/C19H20F3N5O/c20-14-4-3-13(17(21)18(14)22)19(28)27-11-9-26(10-12-27)16-6-5-15(23-24-16)25-7-1-2-8-25/h3-6H,1-2,7-12H2. The van der Waals surface area contributed by atoms with Crippen molar-refractivity contribution < 1.29 is 18.0 Å². The Morgan fingerprint density at radius 3 is 1.89 bits per heavy atom. The molecule has 0 aliphatic carbocycles. The molecule has 2 aliphatic rings. The lowest BCUT2D eigenvalue weighted by Gasteiger charge is -2.35. The lowest BCUT2D eigenvalue weighted by atomic mass is 10.1. The number of hydrogen-bond donors (Lipinski definition) is 0. The number of hydrogen-bond acceptors (Lipinski definition) is 5. The molecule has 0 N–H and O–H groups in total. The van der Waals surface area contributed by atoms with Crippen molar-refractivity contribution in [3.05, 3.63) is 47.3 Å². The van der Waals surface area contributed by atoms with Gasteiger partial charge in [-0.3, -0.25) is 4.79 Å². The monoisotopic (exact) mass is 391 g/mol. The summed E-state index contributed by atoms with van der Waals surface area (Å²) in [4.78, 5) is 18.1. The van der Waals surface area contributed by atoms with Crippen molar-refractivity contribution in [2.24, 2.45) is 0 Å². The van der Waals surface area contributed by atoms with E-state index in [1.165, 1.54) is 4.90 Å². The van der Waals surface area contributed by atoms with Crippen LogP contribution in [-0.4, -0.2) is 60.3 Å². The van der Waals surface area contributed by atoms with Crippen LogP contribution in [-0.2, 0) is 0 Å². The smallest absolute Gasteiger partial charge is 0.257 e. The fourth-order valence-corrected chi connectivity index (χ4v) is 3.60. The van der Waals surface area contributed by atoms with Gasteiger partial charge in [0.2, 0.25) is 0 Å². The average molecular weight is 391 g/mol. The van der Waals surface area contributed by atoms with Crippen LogP contribution in [0.4, 0.5) is 24.8 Å². The third-order valence-corrected chi connectivity index (χ3v) is 5.22. The summed E-state index contributed by atoms with van der Waals surface area (Å²) in [6.07, 6.45) is 2.33. The van der Waals surface area contributed by atoms with Crippen LogP contribution in [0.3, 0.4) is 0 Å². The lowest BCUT2D eigenvalue weighted by molar-refractivity contribution is 0.0740. The predicted octanol–water partition coefficient (Wildman–Crippen LogP) is 2.46. The minimum Gasteiger partial charge on any atom is -0.355 e. The van der Waals surface area contributed by atoms with Crippen LogP contribution in [0.1, 0.15) is 23.2 Å². The number of piperazine rings is 1. The molecule has 2 fully saturated rings. The maximum absolute atomic E-state index is 13.9. The number of halogens is 3. The molecular formula is C19H20F3N5O. The van der Waals surface area contributed by atoms with Crippen molar-refractivity contribution in [2.45, 2.75) is 12.8 Å². The van der Waals surface area contributed by atoms with Gasteiger partial charge < -0.3 is 14.7 Å². The molecule has 1 aromatic carbocycles. The minimum atomic E-state index is -1.63. The largest absolute Gasteiger partial charge is 0.355 e. The molecule has 9 heteroatoms. The van der Waals surface area contributed by atoms with Gasteiger partial charge in [-0.05, 0) is 37.1 Å². The summed E-state index contributed by atoms with van der Waals surface area (Å²) in [6.45, 7) is 3.63. The number of rotatable bonds is 3. The van der Waals surface area contributed by atoms with Crippen LogP contribution in [0.5, 0.6) is 0 Å². The number of carbonyl (C=O) groups is 1. The average Bonchev–Trinajstić information content (AvgIpc) is 3.27. The summed E-state index contributed by atoms with van der Waals surface area (Å²) in [5.41, 5.74) is -0.456. The summed E-state index contributed by atoms with van der Waals surface area (Å²) in [6, 6.07) is 5.60. The molecule has 1 amide bonds. The van der Waals surface area contributed by atoms with Gasteiger partial charge in [0.25, 0.3) is 5.91 Å². The lowest BCUT2D eigenvalue weighted by Crippen LogP contribution is -2.49. The molecule has 0 atom stereocenters. The highest BCUT2D eigenvalue weighted by Gasteiger charge is 2.27. The SMILES string of the molecule is O=C(c1ccc(F)c(F)c1F)N1CCN(c2ccc(N3CCCC3)nn2)CC1. The molecule has 0 spiro atoms. The number of aromatic nitrogens is 2. The van der Waals surface area contributed by atoms with Crippen LogP contribution >= 0.6 is 0 Å². The summed E-state index contributed by atoms with van der Waals surface area (Å²) in [7, 11) is 0. The predicted molar refractivity (Wildman–Crippen MR) is 97.9 cm³/mol. The highest BCUT2D eigenvalue weighted by molar-refractivity contribution is 5.94. The van der Waals surface area contributed by atoms with E-state index in [9.17, 15) is 18.0 Å². The van der Waals surface area contributed by atoms with Crippen LogP contribution < -0.4 is 9.80 Å². The van der Waals surface area contributed by atoms with Gasteiger partial charge in [0.05, 0.1) is 5.56 Å². The number of nitrogens with zero attached hydrogens (tertiary/aromatic N) is 5. The fraction of sp³-hybridized carbons (Fsp3) is 0.421. The third-order valence-electron chi connectivity index (χ3n) is 5.22. The molecule has 2 saturated heterocycles. The van der Waals surface area contributed by atoms with E-state index in [1.54, 1.807) is 0 Å². The van der Waals surface area contributed by atoms with Crippen molar-refractivity contribution in [3.63, 3.8) is 0 Å². The molecule has 1 aromatic heterocycles. The van der Waals surface area contributed by atoms with Crippen molar-refractivity contribution in [1.29, 1.82) is 0 Å². The molecule has 0 saturated carbocycles. The molecule has 2 aliphatic heterocycles. The number of anilines is 2. The zero-order valence-electron chi connectivity index (χ0n) is 15.2.